The van der Waals surface area contributed by atoms with Crippen LogP contribution in [0.2, 0.25) is 0 Å². The molecule has 0 unspecified atom stereocenters. The van der Waals surface area contributed by atoms with Crippen LogP contribution >= 0.6 is 0 Å². The summed E-state index contributed by atoms with van der Waals surface area (Å²) < 4.78 is 58.9. The molecule has 8 heteroatoms. The molecule has 0 aliphatic rings. The molecule has 3 nitrogen and oxygen atoms in total. The van der Waals surface area contributed by atoms with Crippen molar-refractivity contribution in [2.45, 2.75) is 5.51 Å². The molecule has 0 bridgehead atoms. The second kappa shape index (κ2) is 3.38. The fourth-order valence-electron chi connectivity index (χ4n) is 0. The van der Waals surface area contributed by atoms with E-state index in [-0.39, 0.29) is 37.7 Å². The smallest absolute Gasteiger partial charge is 0.741 e. The van der Waals surface area contributed by atoms with Crippen molar-refractivity contribution >= 4 is 10.1 Å². The van der Waals surface area contributed by atoms with Crippen LogP contribution in [0.4, 0.5) is 13.2 Å². The molecule has 0 fully saturated rings. The van der Waals surface area contributed by atoms with Gasteiger partial charge in [0.25, 0.3) is 0 Å². The third kappa shape index (κ3) is 4.38. The first-order chi connectivity index (χ1) is 3.25. The van der Waals surface area contributed by atoms with Crippen LogP contribution in [0.5, 0.6) is 0 Å². The number of hydrogen-bond donors (Lipinski definition) is 0. The maximum absolute atomic E-state index is 10.7. The fraction of sp³-hybridized carbons (Fsp3) is 1.00. The Labute approximate surface area is 79.0 Å². The number of alkyl halides is 3. The maximum Gasteiger partial charge on any atom is 1.00 e. The van der Waals surface area contributed by atoms with Gasteiger partial charge < -0.3 is 4.55 Å². The van der Waals surface area contributed by atoms with Crippen LogP contribution in [0.15, 0.2) is 0 Å². The summed E-state index contributed by atoms with van der Waals surface area (Å²) in [7, 11) is -6.09. The minimum absolute atomic E-state index is 0. The molecule has 0 aromatic heterocycles. The Hall–Kier alpha value is 0.960. The molecular weight excluding hydrogens is 314 g/mol. The zero-order chi connectivity index (χ0) is 7.00. The molecule has 0 heterocycles. The Morgan fingerprint density at radius 3 is 1.33 bits per heavy atom. The largest absolute Gasteiger partial charge is 1.00 e. The summed E-state index contributed by atoms with van der Waals surface area (Å²) >= 11 is 0. The number of hydrogen-bond acceptors (Lipinski definition) is 3. The van der Waals surface area contributed by atoms with Crippen LogP contribution in [0.1, 0.15) is 0 Å². The van der Waals surface area contributed by atoms with Gasteiger partial charge in [0, 0.05) is 0 Å². The Balaban J connectivity index is 0. The Morgan fingerprint density at radius 2 is 1.33 bits per heavy atom. The molecule has 0 spiro atoms. The summed E-state index contributed by atoms with van der Waals surface area (Å²) in [5, 5.41) is 0. The summed E-state index contributed by atoms with van der Waals surface area (Å²) in [6.45, 7) is 0. The van der Waals surface area contributed by atoms with Gasteiger partial charge in [-0.05, 0) is 0 Å². The van der Waals surface area contributed by atoms with Crippen LogP contribution in [-0.2, 0) is 10.1 Å². The molecule has 0 aliphatic carbocycles. The molecule has 0 radical (unpaired) electrons. The van der Waals surface area contributed by atoms with Crippen molar-refractivity contribution in [1.82, 2.24) is 0 Å². The summed E-state index contributed by atoms with van der Waals surface area (Å²) in [6, 6.07) is 0. The van der Waals surface area contributed by atoms with Crippen molar-refractivity contribution in [2.24, 2.45) is 0 Å². The van der Waals surface area contributed by atoms with Crippen molar-refractivity contribution in [3.63, 3.8) is 0 Å². The molecule has 0 aromatic rings. The van der Waals surface area contributed by atoms with Gasteiger partial charge in [0.05, 0.1) is 0 Å². The second-order valence-electron chi connectivity index (χ2n) is 0.900. The molecule has 0 aliphatic heterocycles. The molecular formula is CF3HoO3S. The van der Waals surface area contributed by atoms with E-state index in [0.29, 0.717) is 0 Å². The topological polar surface area (TPSA) is 57.2 Å². The summed E-state index contributed by atoms with van der Waals surface area (Å²) in [5.74, 6) is 0. The second-order valence-corrected chi connectivity index (χ2v) is 2.27. The van der Waals surface area contributed by atoms with Crippen molar-refractivity contribution in [2.75, 3.05) is 0 Å². The summed E-state index contributed by atoms with van der Waals surface area (Å²) in [4.78, 5) is 0. The van der Waals surface area contributed by atoms with E-state index in [1.54, 1.807) is 0 Å². The minimum Gasteiger partial charge on any atom is -0.741 e. The van der Waals surface area contributed by atoms with E-state index in [4.69, 9.17) is 13.0 Å². The summed E-state index contributed by atoms with van der Waals surface area (Å²) in [6.07, 6.45) is 0. The molecule has 0 amide bonds. The molecule has 60 valence electrons. The van der Waals surface area contributed by atoms with Gasteiger partial charge >= 0.3 is 43.2 Å². The van der Waals surface area contributed by atoms with Gasteiger partial charge in [-0.15, -0.1) is 0 Å². The van der Waals surface area contributed by atoms with Gasteiger partial charge in [0.2, 0.25) is 0 Å². The van der Waals surface area contributed by atoms with Gasteiger partial charge in [-0.1, -0.05) is 0 Å². The predicted molar refractivity (Wildman–Crippen MR) is 15.8 cm³/mol. The normalized spacial score (nSPS) is 12.4. The number of halogens is 3. The Morgan fingerprint density at radius 1 is 1.22 bits per heavy atom. The standard InChI is InChI=1S/CHF3O3S.Ho/c2-1(3,4)8(5,6)7;/h(H,5,6,7);/q;+1/p-1. The Bertz CT molecular complexity index is 168. The zero-order valence-corrected chi connectivity index (χ0v) is 6.32. The van der Waals surface area contributed by atoms with E-state index in [0.717, 1.165) is 0 Å². The van der Waals surface area contributed by atoms with Crippen LogP contribution in [0.25, 0.3) is 0 Å². The molecule has 0 aromatic carbocycles. The molecule has 0 saturated carbocycles. The maximum atomic E-state index is 10.7. The van der Waals surface area contributed by atoms with Crippen molar-refractivity contribution in [1.29, 1.82) is 0 Å². The monoisotopic (exact) mass is 314 g/mol. The molecule has 0 atom stereocenters. The quantitative estimate of drug-likeness (QED) is 0.361. The third-order valence-corrected chi connectivity index (χ3v) is 0.850. The van der Waals surface area contributed by atoms with E-state index in [2.05, 4.69) is 0 Å². The van der Waals surface area contributed by atoms with Crippen molar-refractivity contribution in [3.8, 4) is 0 Å². The molecule has 9 heavy (non-hydrogen) atoms. The van der Waals surface area contributed by atoms with Crippen molar-refractivity contribution in [3.05, 3.63) is 0 Å². The van der Waals surface area contributed by atoms with Gasteiger partial charge in [0.1, 0.15) is 0 Å². The fourth-order valence-corrected chi connectivity index (χ4v) is 0. The van der Waals surface area contributed by atoms with Crippen LogP contribution in [0, 0.1) is 37.7 Å². The molecule has 0 rings (SSSR count). The first-order valence-corrected chi connectivity index (χ1v) is 2.68. The van der Waals surface area contributed by atoms with E-state index in [1.807, 2.05) is 0 Å². The van der Waals surface area contributed by atoms with Crippen molar-refractivity contribution < 1.29 is 63.9 Å². The average Bonchev–Trinajstić information content (AvgIpc) is 1.25. The number of rotatable bonds is 0. The van der Waals surface area contributed by atoms with Gasteiger partial charge in [-0.2, -0.15) is 13.2 Å². The first kappa shape index (κ1) is 12.6. The minimum atomic E-state index is -6.09. The van der Waals surface area contributed by atoms with Gasteiger partial charge in [-0.25, -0.2) is 8.42 Å². The van der Waals surface area contributed by atoms with Gasteiger partial charge in [0.15, 0.2) is 10.1 Å². The predicted octanol–water partition coefficient (Wildman–Crippen LogP) is 0.0514. The third-order valence-electron chi connectivity index (χ3n) is 0.283. The van der Waals surface area contributed by atoms with E-state index < -0.39 is 15.6 Å². The van der Waals surface area contributed by atoms with E-state index >= 15 is 0 Å². The molecule has 0 saturated heterocycles. The van der Waals surface area contributed by atoms with Crippen LogP contribution < -0.4 is 0 Å². The Kier molecular flexibility index (Phi) is 4.74. The summed E-state index contributed by atoms with van der Waals surface area (Å²) in [5.41, 5.74) is -5.65. The van der Waals surface area contributed by atoms with Gasteiger partial charge in [-0.3, -0.25) is 0 Å². The van der Waals surface area contributed by atoms with E-state index in [1.165, 1.54) is 0 Å². The molecule has 0 N–H and O–H groups in total. The first-order valence-electron chi connectivity index (χ1n) is 1.27. The SMILES string of the molecule is O=S(=O)([O-])C(F)(F)F.[Ho+]. The van der Waals surface area contributed by atoms with Crippen LogP contribution in [0.3, 0.4) is 0 Å². The van der Waals surface area contributed by atoms with E-state index in [9.17, 15) is 13.2 Å². The average molecular weight is 314 g/mol. The van der Waals surface area contributed by atoms with Crippen LogP contribution in [-0.4, -0.2) is 18.5 Å². The zero-order valence-electron chi connectivity index (χ0n) is 3.57.